The van der Waals surface area contributed by atoms with Crippen molar-refractivity contribution in [1.29, 1.82) is 0 Å². The smallest absolute Gasteiger partial charge is 0.0842 e. The van der Waals surface area contributed by atoms with Crippen molar-refractivity contribution in [3.05, 3.63) is 0 Å². The van der Waals surface area contributed by atoms with Crippen molar-refractivity contribution in [2.45, 2.75) is 44.2 Å². The van der Waals surface area contributed by atoms with Crippen molar-refractivity contribution in [3.63, 3.8) is 0 Å². The van der Waals surface area contributed by atoms with Crippen LogP contribution in [-0.4, -0.2) is 15.7 Å². The lowest BCUT2D eigenvalue weighted by Crippen LogP contribution is -2.24. The molecule has 0 aliphatic heterocycles. The Morgan fingerprint density at radius 2 is 1.83 bits per heavy atom. The Balaban J connectivity index is 2.09. The summed E-state index contributed by atoms with van der Waals surface area (Å²) >= 11 is 0. The van der Waals surface area contributed by atoms with Gasteiger partial charge in [-0.1, -0.05) is 31.4 Å². The van der Waals surface area contributed by atoms with Crippen LogP contribution in [-0.2, 0) is 0 Å². The third kappa shape index (κ3) is 1.34. The van der Waals surface area contributed by atoms with Gasteiger partial charge in [-0.25, -0.2) is 0 Å². The second kappa shape index (κ2) is 2.82. The zero-order chi connectivity index (χ0) is 8.77. The highest BCUT2D eigenvalue weighted by molar-refractivity contribution is 6.39. The maximum absolute atomic E-state index is 2.43. The molecule has 66 valence electrons. The Kier molecular flexibility index (Phi) is 2.05. The number of fused-ring (bicyclic) bond motifs is 1. The Morgan fingerprint density at radius 1 is 1.08 bits per heavy atom. The third-order valence-corrected chi connectivity index (χ3v) is 4.20. The third-order valence-electron chi connectivity index (χ3n) is 4.20. The summed E-state index contributed by atoms with van der Waals surface area (Å²) in [5.41, 5.74) is 0. The van der Waals surface area contributed by atoms with Crippen molar-refractivity contribution < 1.29 is 0 Å². The van der Waals surface area contributed by atoms with E-state index in [2.05, 4.69) is 22.6 Å². The molecule has 0 saturated heterocycles. The van der Waals surface area contributed by atoms with Gasteiger partial charge in [0.1, 0.15) is 0 Å². The SMILES string of the molecule is BC(B)(C)C1CCC2CCCC21. The van der Waals surface area contributed by atoms with Gasteiger partial charge in [0.25, 0.3) is 0 Å². The van der Waals surface area contributed by atoms with E-state index in [1.807, 2.05) is 0 Å². The quantitative estimate of drug-likeness (QED) is 0.508. The summed E-state index contributed by atoms with van der Waals surface area (Å²) < 4.78 is 0. The Bertz CT molecular complexity index is 171. The van der Waals surface area contributed by atoms with Crippen molar-refractivity contribution in [1.82, 2.24) is 0 Å². The van der Waals surface area contributed by atoms with Gasteiger partial charge in [0.2, 0.25) is 0 Å². The summed E-state index contributed by atoms with van der Waals surface area (Å²) in [5, 5.41) is 0.573. The van der Waals surface area contributed by atoms with Gasteiger partial charge < -0.3 is 0 Å². The lowest BCUT2D eigenvalue weighted by Gasteiger charge is -2.32. The van der Waals surface area contributed by atoms with Crippen LogP contribution >= 0.6 is 0 Å². The lowest BCUT2D eigenvalue weighted by atomic mass is 9.47. The molecule has 0 amide bonds. The molecular formula is C10H20B2. The highest BCUT2D eigenvalue weighted by Gasteiger charge is 2.43. The first kappa shape index (κ1) is 8.72. The summed E-state index contributed by atoms with van der Waals surface area (Å²) in [7, 11) is 4.86. The molecule has 2 rings (SSSR count). The van der Waals surface area contributed by atoms with Crippen molar-refractivity contribution in [2.24, 2.45) is 17.8 Å². The van der Waals surface area contributed by atoms with Gasteiger partial charge in [-0.3, -0.25) is 0 Å². The second-order valence-corrected chi connectivity index (χ2v) is 5.90. The number of hydrogen-bond donors (Lipinski definition) is 0. The molecule has 0 nitrogen and oxygen atoms in total. The maximum atomic E-state index is 2.43. The van der Waals surface area contributed by atoms with E-state index in [1.54, 1.807) is 0 Å². The summed E-state index contributed by atoms with van der Waals surface area (Å²) in [6.45, 7) is 2.43. The Hall–Kier alpha value is 0.130. The normalized spacial score (nSPS) is 41.6. The minimum Gasteiger partial charge on any atom is -0.0842 e. The van der Waals surface area contributed by atoms with Crippen LogP contribution in [0.5, 0.6) is 0 Å². The molecule has 2 aliphatic carbocycles. The molecule has 2 aliphatic rings. The molecule has 0 aromatic carbocycles. The van der Waals surface area contributed by atoms with E-state index in [0.717, 1.165) is 17.8 Å². The number of rotatable bonds is 1. The van der Waals surface area contributed by atoms with Gasteiger partial charge in [0.15, 0.2) is 0 Å². The molecular weight excluding hydrogens is 142 g/mol. The van der Waals surface area contributed by atoms with E-state index < -0.39 is 0 Å². The summed E-state index contributed by atoms with van der Waals surface area (Å²) in [4.78, 5) is 0. The van der Waals surface area contributed by atoms with Crippen LogP contribution in [0, 0.1) is 17.8 Å². The van der Waals surface area contributed by atoms with Crippen LogP contribution in [0.3, 0.4) is 0 Å². The zero-order valence-electron chi connectivity index (χ0n) is 8.77. The Morgan fingerprint density at radius 3 is 2.50 bits per heavy atom. The highest BCUT2D eigenvalue weighted by atomic mass is 14.5. The average molecular weight is 162 g/mol. The monoisotopic (exact) mass is 162 g/mol. The maximum Gasteiger partial charge on any atom is 0.0992 e. The molecule has 2 saturated carbocycles. The molecule has 0 radical (unpaired) electrons. The zero-order valence-corrected chi connectivity index (χ0v) is 8.77. The average Bonchev–Trinajstić information content (AvgIpc) is 2.37. The van der Waals surface area contributed by atoms with Gasteiger partial charge in [0, 0.05) is 0 Å². The van der Waals surface area contributed by atoms with Gasteiger partial charge >= 0.3 is 0 Å². The summed E-state index contributed by atoms with van der Waals surface area (Å²) in [5.74, 6) is 3.25. The second-order valence-electron chi connectivity index (χ2n) is 5.90. The minimum absolute atomic E-state index is 0.573. The number of hydrogen-bond acceptors (Lipinski definition) is 0. The molecule has 0 bridgehead atoms. The van der Waals surface area contributed by atoms with Crippen LogP contribution in [0.2, 0.25) is 5.21 Å². The predicted molar refractivity (Wildman–Crippen MR) is 59.0 cm³/mol. The molecule has 0 aromatic heterocycles. The highest BCUT2D eigenvalue weighted by Crippen LogP contribution is 2.54. The minimum atomic E-state index is 0.573. The molecule has 3 unspecified atom stereocenters. The first-order chi connectivity index (χ1) is 5.59. The predicted octanol–water partition coefficient (Wildman–Crippen LogP) is 1.22. The van der Waals surface area contributed by atoms with Crippen molar-refractivity contribution >= 4 is 15.7 Å². The molecule has 2 heteroatoms. The van der Waals surface area contributed by atoms with Gasteiger partial charge in [-0.15, -0.1) is 0 Å². The topological polar surface area (TPSA) is 0 Å². The fourth-order valence-electron chi connectivity index (χ4n) is 3.64. The van der Waals surface area contributed by atoms with Crippen molar-refractivity contribution in [3.8, 4) is 0 Å². The van der Waals surface area contributed by atoms with Crippen LogP contribution < -0.4 is 0 Å². The van der Waals surface area contributed by atoms with E-state index in [1.165, 1.54) is 32.1 Å². The van der Waals surface area contributed by atoms with Crippen LogP contribution in [0.1, 0.15) is 39.0 Å². The summed E-state index contributed by atoms with van der Waals surface area (Å²) in [6, 6.07) is 0. The summed E-state index contributed by atoms with van der Waals surface area (Å²) in [6.07, 6.45) is 7.64. The molecule has 0 N–H and O–H groups in total. The standard InChI is InChI=1S/C10H20B2/c1-10(11,12)9-6-5-7-3-2-4-8(7)9/h7-9H,2-6,11-12H2,1H3. The first-order valence-corrected chi connectivity index (χ1v) is 5.59. The fourth-order valence-corrected chi connectivity index (χ4v) is 3.64. The van der Waals surface area contributed by atoms with E-state index in [4.69, 9.17) is 0 Å². The Labute approximate surface area is 78.3 Å². The van der Waals surface area contributed by atoms with E-state index >= 15 is 0 Å². The molecule has 0 aromatic rings. The van der Waals surface area contributed by atoms with Crippen LogP contribution in [0.25, 0.3) is 0 Å². The van der Waals surface area contributed by atoms with Gasteiger partial charge in [-0.2, -0.15) is 0 Å². The van der Waals surface area contributed by atoms with E-state index in [9.17, 15) is 0 Å². The largest absolute Gasteiger partial charge is 0.0992 e. The molecule has 12 heavy (non-hydrogen) atoms. The van der Waals surface area contributed by atoms with Gasteiger partial charge in [-0.05, 0) is 30.6 Å². The van der Waals surface area contributed by atoms with Crippen LogP contribution in [0.4, 0.5) is 0 Å². The first-order valence-electron chi connectivity index (χ1n) is 5.59. The molecule has 0 heterocycles. The molecule has 3 atom stereocenters. The lowest BCUT2D eigenvalue weighted by molar-refractivity contribution is 0.326. The molecule has 2 fully saturated rings. The fraction of sp³-hybridized carbons (Fsp3) is 1.00. The van der Waals surface area contributed by atoms with Gasteiger partial charge in [0.05, 0.1) is 15.7 Å². The molecule has 0 spiro atoms. The van der Waals surface area contributed by atoms with E-state index in [-0.39, 0.29) is 0 Å². The van der Waals surface area contributed by atoms with Crippen molar-refractivity contribution in [2.75, 3.05) is 0 Å². The van der Waals surface area contributed by atoms with E-state index in [0.29, 0.717) is 5.21 Å². The van der Waals surface area contributed by atoms with Crippen LogP contribution in [0.15, 0.2) is 0 Å².